The lowest BCUT2D eigenvalue weighted by molar-refractivity contribution is -0.132. The Labute approximate surface area is 187 Å². The number of amides is 5. The summed E-state index contributed by atoms with van der Waals surface area (Å²) in [5.41, 5.74) is 0.458. The lowest BCUT2D eigenvalue weighted by atomic mass is 10.1. The van der Waals surface area contributed by atoms with E-state index in [1.54, 1.807) is 18.7 Å². The highest BCUT2D eigenvalue weighted by molar-refractivity contribution is 6.22. The molecule has 9 heteroatoms. The number of carbonyl (C=O) groups is 5. The van der Waals surface area contributed by atoms with E-state index >= 15 is 0 Å². The minimum Gasteiger partial charge on any atom is -0.354 e. The zero-order chi connectivity index (χ0) is 23.8. The average molecular weight is 443 g/mol. The van der Waals surface area contributed by atoms with Crippen molar-refractivity contribution in [3.63, 3.8) is 0 Å². The molecule has 1 saturated heterocycles. The van der Waals surface area contributed by atoms with Crippen molar-refractivity contribution in [2.24, 2.45) is 5.92 Å². The van der Waals surface area contributed by atoms with Gasteiger partial charge >= 0.3 is 0 Å². The molecule has 32 heavy (non-hydrogen) atoms. The molecule has 0 spiro atoms. The van der Waals surface area contributed by atoms with Gasteiger partial charge in [-0.1, -0.05) is 0 Å². The molecule has 1 atom stereocenters. The normalized spacial score (nSPS) is 18.4. The van der Waals surface area contributed by atoms with Crippen LogP contribution in [0.2, 0.25) is 0 Å². The van der Waals surface area contributed by atoms with Crippen molar-refractivity contribution in [3.8, 4) is 0 Å². The Hall–Kier alpha value is -3.23. The number of fused-ring (bicyclic) bond motifs is 1. The Kier molecular flexibility index (Phi) is 6.39. The lowest BCUT2D eigenvalue weighted by Crippen LogP contribution is -2.43. The van der Waals surface area contributed by atoms with Gasteiger partial charge in [-0.15, -0.1) is 0 Å². The van der Waals surface area contributed by atoms with Crippen LogP contribution in [0.1, 0.15) is 72.1 Å². The first-order chi connectivity index (χ1) is 14.9. The van der Waals surface area contributed by atoms with Gasteiger partial charge in [0.15, 0.2) is 0 Å². The van der Waals surface area contributed by atoms with E-state index in [0.717, 1.165) is 0 Å². The van der Waals surface area contributed by atoms with Gasteiger partial charge in [-0.3, -0.25) is 28.9 Å². The molecule has 0 saturated carbocycles. The first-order valence-corrected chi connectivity index (χ1v) is 10.8. The standard InChI is InChI=1S/C23H30N4O5/c1-13(2)27-21(31)16-7-6-14(10-17(16)22(27)32)19(29)24-8-9-25-20(30)15-11-18(28)26(12-15)23(3,4)5/h6-7,10,13,15H,8-9,11-12H2,1-5H3,(H,24,29)(H,25,30). The Balaban J connectivity index is 1.50. The molecule has 1 aromatic rings. The quantitative estimate of drug-likeness (QED) is 0.507. The third-order valence-corrected chi connectivity index (χ3v) is 5.71. The number of hydrogen-bond donors (Lipinski definition) is 2. The van der Waals surface area contributed by atoms with E-state index in [4.69, 9.17) is 0 Å². The van der Waals surface area contributed by atoms with Gasteiger partial charge in [-0.05, 0) is 52.8 Å². The van der Waals surface area contributed by atoms with E-state index < -0.39 is 17.7 Å². The second kappa shape index (κ2) is 8.72. The van der Waals surface area contributed by atoms with E-state index in [1.165, 1.54) is 23.1 Å². The molecule has 1 aromatic carbocycles. The average Bonchev–Trinajstić information content (AvgIpc) is 3.22. The molecule has 0 radical (unpaired) electrons. The largest absolute Gasteiger partial charge is 0.354 e. The summed E-state index contributed by atoms with van der Waals surface area (Å²) in [4.78, 5) is 64.7. The number of hydrogen-bond acceptors (Lipinski definition) is 5. The van der Waals surface area contributed by atoms with E-state index in [1.807, 2.05) is 20.8 Å². The Morgan fingerprint density at radius 1 is 1.03 bits per heavy atom. The maximum Gasteiger partial charge on any atom is 0.261 e. The van der Waals surface area contributed by atoms with Crippen molar-refractivity contribution in [1.82, 2.24) is 20.4 Å². The maximum atomic E-state index is 12.5. The SMILES string of the molecule is CC(C)N1C(=O)c2ccc(C(=O)NCCNC(=O)C3CC(=O)N(C(C)(C)C)C3)cc2C1=O. The van der Waals surface area contributed by atoms with E-state index in [9.17, 15) is 24.0 Å². The summed E-state index contributed by atoms with van der Waals surface area (Å²) in [6.45, 7) is 10.1. The molecule has 9 nitrogen and oxygen atoms in total. The van der Waals surface area contributed by atoms with Crippen LogP contribution in [-0.2, 0) is 9.59 Å². The molecule has 2 N–H and O–H groups in total. The predicted molar refractivity (Wildman–Crippen MR) is 117 cm³/mol. The van der Waals surface area contributed by atoms with Gasteiger partial charge in [-0.25, -0.2) is 0 Å². The van der Waals surface area contributed by atoms with Gasteiger partial charge < -0.3 is 15.5 Å². The summed E-state index contributed by atoms with van der Waals surface area (Å²) < 4.78 is 0. The molecular formula is C23H30N4O5. The second-order valence-corrected chi connectivity index (χ2v) is 9.46. The Morgan fingerprint density at radius 2 is 1.66 bits per heavy atom. The smallest absolute Gasteiger partial charge is 0.261 e. The van der Waals surface area contributed by atoms with Crippen LogP contribution in [0.25, 0.3) is 0 Å². The van der Waals surface area contributed by atoms with E-state index in [0.29, 0.717) is 12.1 Å². The van der Waals surface area contributed by atoms with Gasteiger partial charge in [0.25, 0.3) is 17.7 Å². The van der Waals surface area contributed by atoms with Gasteiger partial charge in [0.2, 0.25) is 11.8 Å². The van der Waals surface area contributed by atoms with Crippen molar-refractivity contribution < 1.29 is 24.0 Å². The van der Waals surface area contributed by atoms with Crippen molar-refractivity contribution in [3.05, 3.63) is 34.9 Å². The van der Waals surface area contributed by atoms with E-state index in [2.05, 4.69) is 10.6 Å². The van der Waals surface area contributed by atoms with Crippen LogP contribution in [0.3, 0.4) is 0 Å². The fourth-order valence-corrected chi connectivity index (χ4v) is 4.01. The summed E-state index contributed by atoms with van der Waals surface area (Å²) in [5, 5.41) is 5.46. The highest BCUT2D eigenvalue weighted by atomic mass is 16.2. The number of imide groups is 1. The Bertz CT molecular complexity index is 979. The van der Waals surface area contributed by atoms with Gasteiger partial charge in [0, 0.05) is 43.2 Å². The highest BCUT2D eigenvalue weighted by Crippen LogP contribution is 2.26. The van der Waals surface area contributed by atoms with E-state index in [-0.39, 0.29) is 59.9 Å². The molecule has 0 aliphatic carbocycles. The predicted octanol–water partition coefficient (Wildman–Crippen LogP) is 1.18. The molecule has 0 bridgehead atoms. The van der Waals surface area contributed by atoms with Crippen LogP contribution in [0.4, 0.5) is 0 Å². The number of benzene rings is 1. The summed E-state index contributed by atoms with van der Waals surface area (Å²) in [7, 11) is 0. The van der Waals surface area contributed by atoms with Crippen LogP contribution in [0, 0.1) is 5.92 Å². The molecule has 1 unspecified atom stereocenters. The minimum absolute atomic E-state index is 0.0355. The third kappa shape index (κ3) is 4.51. The first-order valence-electron chi connectivity index (χ1n) is 10.8. The minimum atomic E-state index is -0.405. The summed E-state index contributed by atoms with van der Waals surface area (Å²) in [5.74, 6) is -1.81. The molecule has 2 aliphatic rings. The molecule has 2 heterocycles. The number of nitrogens with one attached hydrogen (secondary N) is 2. The van der Waals surface area contributed by atoms with Gasteiger partial charge in [-0.2, -0.15) is 0 Å². The Morgan fingerprint density at radius 3 is 2.25 bits per heavy atom. The summed E-state index contributed by atoms with van der Waals surface area (Å²) >= 11 is 0. The zero-order valence-electron chi connectivity index (χ0n) is 19.2. The van der Waals surface area contributed by atoms with Crippen LogP contribution < -0.4 is 10.6 Å². The third-order valence-electron chi connectivity index (χ3n) is 5.71. The molecule has 5 amide bonds. The van der Waals surface area contributed by atoms with Crippen LogP contribution in [-0.4, -0.2) is 70.6 Å². The monoisotopic (exact) mass is 442 g/mol. The summed E-state index contributed by atoms with van der Waals surface area (Å²) in [6, 6.07) is 4.16. The molecular weight excluding hydrogens is 412 g/mol. The number of rotatable bonds is 6. The van der Waals surface area contributed by atoms with Crippen LogP contribution in [0.15, 0.2) is 18.2 Å². The molecule has 0 aromatic heterocycles. The van der Waals surface area contributed by atoms with Gasteiger partial charge in [0.1, 0.15) is 0 Å². The molecule has 3 rings (SSSR count). The number of nitrogens with zero attached hydrogens (tertiary/aromatic N) is 2. The topological polar surface area (TPSA) is 116 Å². The van der Waals surface area contributed by atoms with Gasteiger partial charge in [0.05, 0.1) is 17.0 Å². The number of likely N-dealkylation sites (tertiary alicyclic amines) is 1. The summed E-state index contributed by atoms with van der Waals surface area (Å²) in [6.07, 6.45) is 0.185. The highest BCUT2D eigenvalue weighted by Gasteiger charge is 2.39. The maximum absolute atomic E-state index is 12.5. The van der Waals surface area contributed by atoms with Crippen LogP contribution in [0.5, 0.6) is 0 Å². The fourth-order valence-electron chi connectivity index (χ4n) is 4.01. The van der Waals surface area contributed by atoms with Crippen molar-refractivity contribution in [2.45, 2.75) is 52.6 Å². The second-order valence-electron chi connectivity index (χ2n) is 9.46. The van der Waals surface area contributed by atoms with Crippen molar-refractivity contribution in [2.75, 3.05) is 19.6 Å². The van der Waals surface area contributed by atoms with Crippen molar-refractivity contribution in [1.29, 1.82) is 0 Å². The fraction of sp³-hybridized carbons (Fsp3) is 0.522. The molecule has 2 aliphatic heterocycles. The first kappa shape index (κ1) is 23.4. The van der Waals surface area contributed by atoms with Crippen LogP contribution >= 0.6 is 0 Å². The van der Waals surface area contributed by atoms with Crippen molar-refractivity contribution >= 4 is 29.5 Å². The molecule has 1 fully saturated rings. The lowest BCUT2D eigenvalue weighted by Gasteiger charge is -2.31. The zero-order valence-corrected chi connectivity index (χ0v) is 19.2. The number of carbonyl (C=O) groups excluding carboxylic acids is 5. The molecule has 172 valence electrons.